The molecular formula is C56H72N2O23S5. The second-order valence-corrected chi connectivity index (χ2v) is 27.8. The Morgan fingerprint density at radius 2 is 1.12 bits per heavy atom. The highest BCUT2D eigenvalue weighted by Crippen LogP contribution is 2.54. The van der Waals surface area contributed by atoms with Gasteiger partial charge >= 0.3 is 5.97 Å². The molecule has 0 saturated heterocycles. The number of anilines is 1. The molecule has 0 aromatic heterocycles. The molecule has 0 radical (unpaired) electrons. The number of carboxylic acids is 1. The van der Waals surface area contributed by atoms with Crippen LogP contribution in [0.15, 0.2) is 116 Å². The Morgan fingerprint density at radius 1 is 0.581 bits per heavy atom. The van der Waals surface area contributed by atoms with Crippen molar-refractivity contribution in [2.45, 2.75) is 89.2 Å². The van der Waals surface area contributed by atoms with Crippen molar-refractivity contribution in [3.8, 4) is 0 Å². The maximum Gasteiger partial charge on any atom is 0.303 e. The van der Waals surface area contributed by atoms with Gasteiger partial charge in [-0.3, -0.25) is 23.0 Å². The third kappa shape index (κ3) is 17.7. The van der Waals surface area contributed by atoms with Crippen LogP contribution in [0.25, 0.3) is 21.5 Å². The normalized spacial score (nSPS) is 18.3. The highest BCUT2D eigenvalue weighted by molar-refractivity contribution is 7.87. The van der Waals surface area contributed by atoms with Gasteiger partial charge in [0.2, 0.25) is 5.69 Å². The van der Waals surface area contributed by atoms with Crippen molar-refractivity contribution in [2.75, 3.05) is 104 Å². The number of hydrogen-bond donors (Lipinski definition) is 5. The number of ether oxygens (including phenoxy) is 6. The summed E-state index contributed by atoms with van der Waals surface area (Å²) in [6, 6.07) is 9.34. The van der Waals surface area contributed by atoms with Gasteiger partial charge in [0.05, 0.1) is 78.7 Å². The number of benzene rings is 4. The van der Waals surface area contributed by atoms with Crippen molar-refractivity contribution < 1.29 is 108 Å². The van der Waals surface area contributed by atoms with Crippen LogP contribution in [0, 0.1) is 0 Å². The molecule has 0 saturated carbocycles. The maximum atomic E-state index is 12.8. The summed E-state index contributed by atoms with van der Waals surface area (Å²) in [6.07, 6.45) is 13.1. The second kappa shape index (κ2) is 29.7. The number of fused-ring (bicyclic) bond motifs is 6. The molecule has 5 N–H and O–H groups in total. The van der Waals surface area contributed by atoms with Gasteiger partial charge in [-0.05, 0) is 110 Å². The zero-order valence-corrected chi connectivity index (χ0v) is 51.9. The average molecular weight is 1300 g/mol. The quantitative estimate of drug-likeness (QED) is 0.0142. The van der Waals surface area contributed by atoms with E-state index in [1.807, 2.05) is 16.4 Å². The standard InChI is InChI=1S/C56H72N2O23S5/c1-55(21-13-35-82(61,62)63)50(58(24-26-79-29-27-76-3)47-20-18-42-44(53(47)55)36-40(83(64,65)66)38-48(42)85(70,71)72)14-9-6-5-7-10-15-51-56(2,22-25-78-31-32-81-34-33-80-30-28-77-4)54-45-37-41(84(67,68)69)39-49(86(73,74)75)43(45)17-19-46(54)57(51)23-12-8-11-16-52(59)60/h5-7,9-10,14-15,17-20,36-39H,8,11-13,16,21-35H2,1-4H3,(H5-,59,60,61,62,63,64,65,66,67,68,69,70,71,72,73,74,75). The Labute approximate surface area is 501 Å². The summed E-state index contributed by atoms with van der Waals surface area (Å²) in [5.74, 6) is -1.65. The zero-order valence-electron chi connectivity index (χ0n) is 47.8. The van der Waals surface area contributed by atoms with E-state index in [0.717, 1.165) is 12.1 Å². The van der Waals surface area contributed by atoms with Crippen LogP contribution in [0.3, 0.4) is 0 Å². The van der Waals surface area contributed by atoms with Crippen LogP contribution in [0.2, 0.25) is 0 Å². The highest BCUT2D eigenvalue weighted by Gasteiger charge is 2.49. The first kappa shape index (κ1) is 69.7. The number of nitrogens with zero attached hydrogens (tertiary/aromatic N) is 2. The molecule has 0 amide bonds. The van der Waals surface area contributed by atoms with E-state index in [-0.39, 0.29) is 100 Å². The van der Waals surface area contributed by atoms with E-state index in [2.05, 4.69) is 0 Å². The summed E-state index contributed by atoms with van der Waals surface area (Å²) in [6.45, 7) is 6.41. The number of unbranched alkanes of at least 4 members (excludes halogenated alkanes) is 2. The first-order valence-electron chi connectivity index (χ1n) is 27.1. The number of rotatable bonds is 36. The lowest BCUT2D eigenvalue weighted by atomic mass is 9.74. The van der Waals surface area contributed by atoms with E-state index in [0.29, 0.717) is 91.7 Å². The molecule has 2 aliphatic heterocycles. The van der Waals surface area contributed by atoms with Gasteiger partial charge in [0.25, 0.3) is 40.5 Å². The molecule has 30 heteroatoms. The fraction of sp³-hybridized carbons (Fsp3) is 0.464. The molecule has 474 valence electrons. The van der Waals surface area contributed by atoms with Gasteiger partial charge < -0.3 is 43.0 Å². The van der Waals surface area contributed by atoms with Crippen molar-refractivity contribution in [1.82, 2.24) is 0 Å². The molecule has 4 aromatic rings. The number of carboxylic acid groups (broad SMARTS) is 1. The number of hydrogen-bond acceptors (Lipinski definition) is 19. The lowest BCUT2D eigenvalue weighted by Gasteiger charge is -2.31. The van der Waals surface area contributed by atoms with E-state index in [1.54, 1.807) is 68.7 Å². The van der Waals surface area contributed by atoms with Crippen LogP contribution in [-0.4, -0.2) is 185 Å². The zero-order chi connectivity index (χ0) is 63.3. The van der Waals surface area contributed by atoms with Gasteiger partial charge in [-0.15, -0.1) is 0 Å². The molecule has 2 heterocycles. The summed E-state index contributed by atoms with van der Waals surface area (Å²) >= 11 is 0. The lowest BCUT2D eigenvalue weighted by Crippen LogP contribution is -2.33. The summed E-state index contributed by atoms with van der Waals surface area (Å²) in [4.78, 5) is 10.0. The summed E-state index contributed by atoms with van der Waals surface area (Å²) in [7, 11) is -22.1. The largest absolute Gasteiger partial charge is 0.744 e. The number of methoxy groups -OCH3 is 2. The number of allylic oxidation sites excluding steroid dienone is 8. The molecule has 2 aliphatic rings. The van der Waals surface area contributed by atoms with Crippen LogP contribution in [-0.2, 0) is 94.6 Å². The van der Waals surface area contributed by atoms with Crippen LogP contribution in [0.4, 0.5) is 11.4 Å². The van der Waals surface area contributed by atoms with Crippen molar-refractivity contribution in [2.24, 2.45) is 0 Å². The molecule has 2 atom stereocenters. The van der Waals surface area contributed by atoms with E-state index in [9.17, 15) is 74.8 Å². The molecule has 0 fully saturated rings. The van der Waals surface area contributed by atoms with E-state index < -0.39 is 92.7 Å². The van der Waals surface area contributed by atoms with E-state index >= 15 is 0 Å². The Kier molecular flexibility index (Phi) is 24.1. The van der Waals surface area contributed by atoms with E-state index in [1.165, 1.54) is 19.2 Å². The molecule has 0 bridgehead atoms. The van der Waals surface area contributed by atoms with Crippen molar-refractivity contribution >= 4 is 95.2 Å². The third-order valence-electron chi connectivity index (χ3n) is 14.8. The molecule has 0 spiro atoms. The second-order valence-electron chi connectivity index (χ2n) is 20.6. The molecule has 25 nitrogen and oxygen atoms in total. The van der Waals surface area contributed by atoms with Gasteiger partial charge in [0, 0.05) is 73.7 Å². The van der Waals surface area contributed by atoms with Crippen molar-refractivity contribution in [1.29, 1.82) is 0 Å². The highest BCUT2D eigenvalue weighted by atomic mass is 32.2. The predicted octanol–water partition coefficient (Wildman–Crippen LogP) is 6.39. The SMILES string of the molecule is COCCOCCOCCOCCC1(C)\C(=C/C=C/C=C/C=C/C2=[N+](CCOCCOC)c3ccc4c(S(=O)(=O)O)cc(S(=O)(=O)O)cc4c3C2(C)CCCS(=O)(=O)O)N(CCCCCC(=O)O)c2ccc3c(S(=O)(=O)[O-])cc(S(=O)(=O)O)cc3c21. The molecule has 2 unspecified atom stereocenters. The Morgan fingerprint density at radius 3 is 1.69 bits per heavy atom. The topological polar surface area (TPSA) is 374 Å². The van der Waals surface area contributed by atoms with Crippen molar-refractivity contribution in [3.63, 3.8) is 0 Å². The Hall–Kier alpha value is -5.39. The smallest absolute Gasteiger partial charge is 0.303 e. The third-order valence-corrected chi connectivity index (χ3v) is 19.0. The minimum absolute atomic E-state index is 0.00547. The van der Waals surface area contributed by atoms with Crippen LogP contribution < -0.4 is 4.90 Å². The fourth-order valence-electron chi connectivity index (χ4n) is 10.9. The predicted molar refractivity (Wildman–Crippen MR) is 316 cm³/mol. The number of carbonyl (C=O) groups is 1. The maximum absolute atomic E-state index is 12.8. The molecule has 0 aliphatic carbocycles. The van der Waals surface area contributed by atoms with Gasteiger partial charge in [-0.1, -0.05) is 42.9 Å². The lowest BCUT2D eigenvalue weighted by molar-refractivity contribution is -0.442. The van der Waals surface area contributed by atoms with Gasteiger partial charge in [-0.25, -0.2) is 8.42 Å². The van der Waals surface area contributed by atoms with Crippen LogP contribution in [0.1, 0.15) is 69.9 Å². The first-order valence-corrected chi connectivity index (χ1v) is 34.4. The molecule has 6 rings (SSSR count). The Bertz CT molecular complexity index is 3880. The van der Waals surface area contributed by atoms with Gasteiger partial charge in [0.15, 0.2) is 12.3 Å². The van der Waals surface area contributed by atoms with Gasteiger partial charge in [0.1, 0.15) is 21.6 Å². The van der Waals surface area contributed by atoms with E-state index in [4.69, 9.17) is 28.4 Å². The van der Waals surface area contributed by atoms with Crippen LogP contribution >= 0.6 is 0 Å². The monoisotopic (exact) mass is 1300 g/mol. The molecular weight excluding hydrogens is 1230 g/mol. The average Bonchev–Trinajstić information content (AvgIpc) is 1.55. The van der Waals surface area contributed by atoms with Crippen molar-refractivity contribution in [3.05, 3.63) is 108 Å². The fourth-order valence-corrected chi connectivity index (χ4v) is 14.1. The van der Waals surface area contributed by atoms with Crippen LogP contribution in [0.5, 0.6) is 0 Å². The summed E-state index contributed by atoms with van der Waals surface area (Å²) in [5.41, 5.74) is 0.306. The Balaban J connectivity index is 1.46. The minimum atomic E-state index is -5.34. The molecule has 86 heavy (non-hydrogen) atoms. The summed E-state index contributed by atoms with van der Waals surface area (Å²) < 4.78 is 214. The van der Waals surface area contributed by atoms with Gasteiger partial charge in [-0.2, -0.15) is 38.2 Å². The summed E-state index contributed by atoms with van der Waals surface area (Å²) in [5, 5.41) is 9.20. The number of aliphatic carboxylic acids is 1. The first-order chi connectivity index (χ1) is 40.4. The minimum Gasteiger partial charge on any atom is -0.744 e. The molecule has 4 aromatic carbocycles.